The second-order valence-electron chi connectivity index (χ2n) is 9.59. The monoisotopic (exact) mass is 563 g/mol. The van der Waals surface area contributed by atoms with Crippen LogP contribution >= 0.6 is 11.3 Å². The third-order valence-electron chi connectivity index (χ3n) is 6.41. The number of aromatic nitrogens is 1. The van der Waals surface area contributed by atoms with E-state index in [-0.39, 0.29) is 28.5 Å². The van der Waals surface area contributed by atoms with Gasteiger partial charge in [-0.1, -0.05) is 17.3 Å². The summed E-state index contributed by atoms with van der Waals surface area (Å²) >= 11 is 1.36. The van der Waals surface area contributed by atoms with Crippen molar-refractivity contribution in [1.29, 1.82) is 0 Å². The fraction of sp³-hybridized carbons (Fsp3) is 0.520. The van der Waals surface area contributed by atoms with Crippen molar-refractivity contribution in [2.45, 2.75) is 55.5 Å². The van der Waals surface area contributed by atoms with E-state index in [0.717, 1.165) is 24.4 Å². The molecule has 0 radical (unpaired) electrons. The largest absolute Gasteiger partial charge is 0.390 e. The molecule has 11 nitrogen and oxygen atoms in total. The van der Waals surface area contributed by atoms with Crippen LogP contribution in [0.5, 0.6) is 0 Å². The fourth-order valence-electron chi connectivity index (χ4n) is 4.17. The molecule has 1 saturated carbocycles. The van der Waals surface area contributed by atoms with Gasteiger partial charge in [0.1, 0.15) is 6.10 Å². The number of carbonyl (C=O) groups excluding carboxylic acids is 2. The minimum atomic E-state index is -3.35. The second kappa shape index (κ2) is 12.3. The van der Waals surface area contributed by atoms with Crippen molar-refractivity contribution in [2.24, 2.45) is 5.16 Å². The van der Waals surface area contributed by atoms with Gasteiger partial charge >= 0.3 is 0 Å². The van der Waals surface area contributed by atoms with E-state index in [9.17, 15) is 18.0 Å². The van der Waals surface area contributed by atoms with Crippen LogP contribution in [0.1, 0.15) is 37.1 Å². The first-order chi connectivity index (χ1) is 18.2. The Morgan fingerprint density at radius 3 is 2.66 bits per heavy atom. The minimum Gasteiger partial charge on any atom is -0.390 e. The highest BCUT2D eigenvalue weighted by atomic mass is 32.2. The third kappa shape index (κ3) is 6.95. The van der Waals surface area contributed by atoms with Gasteiger partial charge in [0.2, 0.25) is 6.41 Å². The Morgan fingerprint density at radius 2 is 2.03 bits per heavy atom. The molecule has 4 rings (SSSR count). The van der Waals surface area contributed by atoms with E-state index in [1.165, 1.54) is 23.5 Å². The van der Waals surface area contributed by atoms with Gasteiger partial charge < -0.3 is 14.5 Å². The molecule has 2 atom stereocenters. The summed E-state index contributed by atoms with van der Waals surface area (Å²) in [5, 5.41) is 6.96. The Balaban J connectivity index is 1.46. The van der Waals surface area contributed by atoms with Gasteiger partial charge in [0.25, 0.3) is 5.91 Å². The molecule has 1 aliphatic carbocycles. The smallest absolute Gasteiger partial charge is 0.280 e. The highest BCUT2D eigenvalue weighted by Gasteiger charge is 2.36. The lowest BCUT2D eigenvalue weighted by Crippen LogP contribution is -2.50. The Bertz CT molecular complexity index is 1260. The highest BCUT2D eigenvalue weighted by molar-refractivity contribution is 7.92. The van der Waals surface area contributed by atoms with E-state index in [1.807, 2.05) is 6.92 Å². The van der Waals surface area contributed by atoms with E-state index in [1.54, 1.807) is 37.3 Å². The first kappa shape index (κ1) is 28.1. The molecule has 1 N–H and O–H groups in total. The van der Waals surface area contributed by atoms with Gasteiger partial charge in [-0.05, 0) is 38.8 Å². The topological polar surface area (TPSA) is 130 Å². The number of benzene rings is 1. The number of nitrogens with one attached hydrogen (secondary N) is 1. The van der Waals surface area contributed by atoms with Gasteiger partial charge in [0.05, 0.1) is 16.8 Å². The van der Waals surface area contributed by atoms with Crippen molar-refractivity contribution in [1.82, 2.24) is 14.8 Å². The summed E-state index contributed by atoms with van der Waals surface area (Å²) in [5.41, 5.74) is 0.416. The lowest BCUT2D eigenvalue weighted by Gasteiger charge is -2.37. The average molecular weight is 564 g/mol. The van der Waals surface area contributed by atoms with Crippen molar-refractivity contribution in [2.75, 3.05) is 38.7 Å². The molecule has 0 bridgehead atoms. The van der Waals surface area contributed by atoms with Crippen molar-refractivity contribution in [3.8, 4) is 0 Å². The zero-order valence-electron chi connectivity index (χ0n) is 21.7. The van der Waals surface area contributed by atoms with Crippen LogP contribution in [0.3, 0.4) is 0 Å². The molecule has 2 fully saturated rings. The number of nitrogens with zero attached hydrogens (tertiary/aromatic N) is 4. The van der Waals surface area contributed by atoms with Crippen LogP contribution in [-0.2, 0) is 35.5 Å². The number of anilines is 1. The maximum Gasteiger partial charge on any atom is 0.280 e. The molecular formula is C25H33N5O6S2. The Hall–Kier alpha value is -2.87. The quantitative estimate of drug-likeness (QED) is 0.236. The molecule has 1 aromatic heterocycles. The molecule has 13 heteroatoms. The van der Waals surface area contributed by atoms with E-state index >= 15 is 0 Å². The maximum atomic E-state index is 13.2. The molecular weight excluding hydrogens is 530 g/mol. The van der Waals surface area contributed by atoms with Crippen LogP contribution in [0.15, 0.2) is 40.5 Å². The van der Waals surface area contributed by atoms with Crippen LogP contribution in [0.2, 0.25) is 0 Å². The van der Waals surface area contributed by atoms with E-state index in [2.05, 4.69) is 20.4 Å². The molecule has 2 aromatic rings. The summed E-state index contributed by atoms with van der Waals surface area (Å²) in [7, 11) is -1.81. The van der Waals surface area contributed by atoms with Gasteiger partial charge in [-0.2, -0.15) is 0 Å². The fourth-order valence-corrected chi connectivity index (χ4v) is 6.68. The predicted octanol–water partition coefficient (Wildman–Crippen LogP) is 2.14. The number of ether oxygens (including phenoxy) is 1. The highest BCUT2D eigenvalue weighted by Crippen LogP contribution is 2.33. The number of piperazine rings is 1. The Kier molecular flexibility index (Phi) is 9.13. The summed E-state index contributed by atoms with van der Waals surface area (Å²) in [5.74, 6) is -0.526. The van der Waals surface area contributed by atoms with Crippen LogP contribution in [0, 0.1) is 0 Å². The summed E-state index contributed by atoms with van der Waals surface area (Å²) in [6.07, 6.45) is 3.57. The lowest BCUT2D eigenvalue weighted by molar-refractivity contribution is -0.122. The SMILES string of the molecule is COC[C@@H](C)O/N=C(/C(=O)Nc1ncc(CN2CCN(C=O)[C@@H](C)C2)s1)c1ccc(S(=O)(=O)C2CC2)cc1. The van der Waals surface area contributed by atoms with Gasteiger partial charge in [0.15, 0.2) is 20.7 Å². The molecule has 2 aliphatic rings. The van der Waals surface area contributed by atoms with Crippen molar-refractivity contribution in [3.63, 3.8) is 0 Å². The van der Waals surface area contributed by atoms with Crippen molar-refractivity contribution in [3.05, 3.63) is 40.9 Å². The average Bonchev–Trinajstić information content (AvgIpc) is 3.67. The van der Waals surface area contributed by atoms with Gasteiger partial charge in [-0.3, -0.25) is 19.8 Å². The molecule has 0 unspecified atom stereocenters. The summed E-state index contributed by atoms with van der Waals surface area (Å²) < 4.78 is 30.2. The second-order valence-corrected chi connectivity index (χ2v) is 12.9. The molecule has 206 valence electrons. The molecule has 38 heavy (non-hydrogen) atoms. The number of sulfone groups is 1. The zero-order chi connectivity index (χ0) is 27.3. The van der Waals surface area contributed by atoms with E-state index < -0.39 is 21.8 Å². The van der Waals surface area contributed by atoms with Crippen molar-refractivity contribution < 1.29 is 27.6 Å². The number of carbonyl (C=O) groups is 2. The molecule has 0 spiro atoms. The number of oxime groups is 1. The maximum absolute atomic E-state index is 13.2. The first-order valence-electron chi connectivity index (χ1n) is 12.5. The predicted molar refractivity (Wildman–Crippen MR) is 144 cm³/mol. The summed E-state index contributed by atoms with van der Waals surface area (Å²) in [6.45, 7) is 6.93. The summed E-state index contributed by atoms with van der Waals surface area (Å²) in [4.78, 5) is 39.4. The van der Waals surface area contributed by atoms with Crippen molar-refractivity contribution >= 4 is 44.3 Å². The van der Waals surface area contributed by atoms with Crippen LogP contribution in [0.25, 0.3) is 0 Å². The van der Waals surface area contributed by atoms with Crippen LogP contribution < -0.4 is 5.32 Å². The Morgan fingerprint density at radius 1 is 1.29 bits per heavy atom. The molecule has 2 heterocycles. The standard InChI is InChI=1S/C25H33N5O6S2/c1-17-13-29(10-11-30(17)16-31)14-20-12-26-25(37-20)27-24(32)23(28-36-18(2)15-35-3)19-4-6-21(7-5-19)38(33,34)22-8-9-22/h4-7,12,16-18,22H,8-11,13-15H2,1-3H3,(H,26,27,32)/b28-23+/t17-,18+/m0/s1. The lowest BCUT2D eigenvalue weighted by atomic mass is 10.1. The van der Waals surface area contributed by atoms with Gasteiger partial charge in [-0.25, -0.2) is 13.4 Å². The van der Waals surface area contributed by atoms with Crippen LogP contribution in [0.4, 0.5) is 5.13 Å². The number of hydrogen-bond donors (Lipinski definition) is 1. The van der Waals surface area contributed by atoms with E-state index in [4.69, 9.17) is 9.57 Å². The third-order valence-corrected chi connectivity index (χ3v) is 9.59. The number of methoxy groups -OCH3 is 1. The summed E-state index contributed by atoms with van der Waals surface area (Å²) in [6, 6.07) is 6.25. The van der Waals surface area contributed by atoms with Gasteiger partial charge in [0, 0.05) is 56.0 Å². The normalized spacial score (nSPS) is 19.7. The molecule has 1 saturated heterocycles. The Labute approximate surface area is 226 Å². The van der Waals surface area contributed by atoms with E-state index in [0.29, 0.717) is 36.6 Å². The molecule has 1 aliphatic heterocycles. The molecule has 2 amide bonds. The first-order valence-corrected chi connectivity index (χ1v) is 14.8. The number of hydrogen-bond acceptors (Lipinski definition) is 10. The number of thiazole rings is 1. The van der Waals surface area contributed by atoms with Crippen LogP contribution in [-0.4, -0.2) is 92.0 Å². The number of rotatable bonds is 12. The zero-order valence-corrected chi connectivity index (χ0v) is 23.3. The molecule has 1 aromatic carbocycles. The van der Waals surface area contributed by atoms with Gasteiger partial charge in [-0.15, -0.1) is 11.3 Å². The minimum absolute atomic E-state index is 0.00103. The number of amides is 2.